The van der Waals surface area contributed by atoms with Crippen LogP contribution in [0.2, 0.25) is 0 Å². The van der Waals surface area contributed by atoms with Crippen molar-refractivity contribution in [3.63, 3.8) is 0 Å². The highest BCUT2D eigenvalue weighted by molar-refractivity contribution is 7.92. The Kier molecular flexibility index (Phi) is 6.51. The molecule has 0 amide bonds. The molecule has 35 heavy (non-hydrogen) atoms. The number of halogens is 1. The molecule has 2 fully saturated rings. The third-order valence-electron chi connectivity index (χ3n) is 7.08. The molecule has 6 nitrogen and oxygen atoms in total. The Hall–Kier alpha value is -2.97. The van der Waals surface area contributed by atoms with Crippen LogP contribution in [0.3, 0.4) is 0 Å². The first-order valence-corrected chi connectivity index (χ1v) is 13.5. The van der Waals surface area contributed by atoms with Gasteiger partial charge in [0.1, 0.15) is 11.6 Å². The summed E-state index contributed by atoms with van der Waals surface area (Å²) in [5, 5.41) is 11.4. The summed E-state index contributed by atoms with van der Waals surface area (Å²) in [6, 6.07) is 11.6. The Balaban J connectivity index is 1.44. The van der Waals surface area contributed by atoms with Crippen LogP contribution in [-0.4, -0.2) is 25.6 Å². The molecule has 2 aromatic rings. The van der Waals surface area contributed by atoms with E-state index in [0.29, 0.717) is 11.4 Å². The number of sulfonamides is 1. The lowest BCUT2D eigenvalue weighted by Gasteiger charge is -2.39. The number of carbonyl (C=O) groups excluding carboxylic acids is 1. The highest BCUT2D eigenvalue weighted by Gasteiger charge is 2.50. The van der Waals surface area contributed by atoms with Crippen molar-refractivity contribution in [1.29, 1.82) is 0 Å². The molecule has 4 atom stereocenters. The number of hydrogen-bond acceptors (Lipinski definition) is 5. The summed E-state index contributed by atoms with van der Waals surface area (Å²) in [5.74, 6) is -1.48. The zero-order valence-electron chi connectivity index (χ0n) is 19.1. The minimum absolute atomic E-state index is 0.0491. The molecular formula is C27H28FNO5S. The van der Waals surface area contributed by atoms with Crippen molar-refractivity contribution in [2.75, 3.05) is 4.72 Å². The van der Waals surface area contributed by atoms with Crippen LogP contribution >= 0.6 is 0 Å². The second kappa shape index (κ2) is 9.59. The van der Waals surface area contributed by atoms with E-state index in [-0.39, 0.29) is 22.6 Å². The molecule has 1 heterocycles. The first-order chi connectivity index (χ1) is 16.8. The minimum Gasteiger partial charge on any atom is -0.430 e. The Morgan fingerprint density at radius 2 is 1.86 bits per heavy atom. The first-order valence-electron chi connectivity index (χ1n) is 12.0. The van der Waals surface area contributed by atoms with Gasteiger partial charge in [-0.05, 0) is 86.1 Å². The number of rotatable bonds is 6. The number of hydrogen-bond donors (Lipinski definition) is 2. The number of aliphatic hydroxyl groups excluding tert-OH is 1. The summed E-state index contributed by atoms with van der Waals surface area (Å²) >= 11 is 0. The van der Waals surface area contributed by atoms with Crippen molar-refractivity contribution < 1.29 is 27.4 Å². The SMILES string of the molecule is O=C1OC2=CC=CCCCC2C(O)C1C(c1cccc(NS(=O)(=O)c2ccc(F)cc2)c1)C1CC1. The molecule has 0 aromatic heterocycles. The summed E-state index contributed by atoms with van der Waals surface area (Å²) in [6.07, 6.45) is 9.21. The van der Waals surface area contributed by atoms with E-state index in [1.807, 2.05) is 18.2 Å². The number of fused-ring (bicyclic) bond motifs is 1. The maximum atomic E-state index is 13.2. The van der Waals surface area contributed by atoms with Crippen molar-refractivity contribution >= 4 is 21.7 Å². The van der Waals surface area contributed by atoms with Crippen molar-refractivity contribution in [2.45, 2.75) is 49.0 Å². The zero-order chi connectivity index (χ0) is 24.6. The standard InChI is InChI=1S/C27H28FNO5S/c28-19-12-14-21(15-13-19)35(32,33)29-20-7-5-6-18(16-20)24(17-10-11-17)25-26(30)22-8-3-1-2-4-9-23(22)34-27(25)31/h2,4-7,9,12-17,22,24-26,29-30H,1,3,8,10-11H2. The molecule has 8 heteroatoms. The van der Waals surface area contributed by atoms with Crippen LogP contribution in [0.25, 0.3) is 0 Å². The molecule has 1 saturated heterocycles. The predicted octanol–water partition coefficient (Wildman–Crippen LogP) is 4.89. The molecule has 0 radical (unpaired) electrons. The van der Waals surface area contributed by atoms with Gasteiger partial charge < -0.3 is 9.84 Å². The van der Waals surface area contributed by atoms with Crippen molar-refractivity contribution in [3.05, 3.63) is 83.9 Å². The quantitative estimate of drug-likeness (QED) is 0.554. The largest absolute Gasteiger partial charge is 0.430 e. The molecule has 1 aliphatic heterocycles. The molecule has 2 N–H and O–H groups in total. The lowest BCUT2D eigenvalue weighted by molar-refractivity contribution is -0.160. The van der Waals surface area contributed by atoms with Gasteiger partial charge in [-0.15, -0.1) is 0 Å². The number of aliphatic hydroxyl groups is 1. The number of anilines is 1. The Labute approximate surface area is 204 Å². The second-order valence-electron chi connectivity index (χ2n) is 9.52. The summed E-state index contributed by atoms with van der Waals surface area (Å²) in [7, 11) is -3.92. The van der Waals surface area contributed by atoms with E-state index in [4.69, 9.17) is 4.74 Å². The smallest absolute Gasteiger partial charge is 0.317 e. The molecule has 5 rings (SSSR count). The minimum atomic E-state index is -3.92. The topological polar surface area (TPSA) is 92.7 Å². The van der Waals surface area contributed by atoms with Crippen LogP contribution in [0.15, 0.2) is 77.4 Å². The van der Waals surface area contributed by atoms with Gasteiger partial charge in [-0.25, -0.2) is 12.8 Å². The van der Waals surface area contributed by atoms with Crippen LogP contribution in [0.4, 0.5) is 10.1 Å². The number of benzene rings is 2. The van der Waals surface area contributed by atoms with Crippen LogP contribution in [0.1, 0.15) is 43.6 Å². The highest BCUT2D eigenvalue weighted by atomic mass is 32.2. The van der Waals surface area contributed by atoms with Gasteiger partial charge in [-0.3, -0.25) is 9.52 Å². The van der Waals surface area contributed by atoms with E-state index >= 15 is 0 Å². The maximum Gasteiger partial charge on any atom is 0.317 e. The van der Waals surface area contributed by atoms with E-state index in [1.165, 1.54) is 12.1 Å². The number of esters is 1. The average molecular weight is 498 g/mol. The fourth-order valence-corrected chi connectivity index (χ4v) is 6.28. The number of nitrogens with one attached hydrogen (secondary N) is 1. The Morgan fingerprint density at radius 1 is 1.09 bits per heavy atom. The lowest BCUT2D eigenvalue weighted by Crippen LogP contribution is -2.45. The Bertz CT molecular complexity index is 1270. The summed E-state index contributed by atoms with van der Waals surface area (Å²) < 4.78 is 47.1. The number of ether oxygens (including phenoxy) is 1. The molecule has 0 spiro atoms. The van der Waals surface area contributed by atoms with Gasteiger partial charge in [-0.1, -0.05) is 24.3 Å². The van der Waals surface area contributed by atoms with E-state index in [9.17, 15) is 22.7 Å². The van der Waals surface area contributed by atoms with Crippen LogP contribution in [-0.2, 0) is 19.6 Å². The van der Waals surface area contributed by atoms with Crippen molar-refractivity contribution in [1.82, 2.24) is 0 Å². The van der Waals surface area contributed by atoms with E-state index in [1.54, 1.807) is 24.3 Å². The summed E-state index contributed by atoms with van der Waals surface area (Å²) in [5.41, 5.74) is 1.12. The van der Waals surface area contributed by atoms with Gasteiger partial charge in [-0.2, -0.15) is 0 Å². The van der Waals surface area contributed by atoms with Crippen molar-refractivity contribution in [3.8, 4) is 0 Å². The van der Waals surface area contributed by atoms with Crippen molar-refractivity contribution in [2.24, 2.45) is 17.8 Å². The lowest BCUT2D eigenvalue weighted by atomic mass is 9.72. The highest BCUT2D eigenvalue weighted by Crippen LogP contribution is 2.51. The predicted molar refractivity (Wildman–Crippen MR) is 129 cm³/mol. The van der Waals surface area contributed by atoms with Gasteiger partial charge in [0.05, 0.1) is 16.9 Å². The summed E-state index contributed by atoms with van der Waals surface area (Å²) in [4.78, 5) is 13.1. The molecule has 2 aliphatic carbocycles. The zero-order valence-corrected chi connectivity index (χ0v) is 20.0. The molecule has 184 valence electrons. The van der Waals surface area contributed by atoms with E-state index < -0.39 is 33.8 Å². The van der Waals surface area contributed by atoms with Gasteiger partial charge in [0.15, 0.2) is 0 Å². The molecular weight excluding hydrogens is 469 g/mol. The Morgan fingerprint density at radius 3 is 2.60 bits per heavy atom. The van der Waals surface area contributed by atoms with Crippen LogP contribution in [0, 0.1) is 23.6 Å². The fraction of sp³-hybridized carbons (Fsp3) is 0.370. The fourth-order valence-electron chi connectivity index (χ4n) is 5.23. The summed E-state index contributed by atoms with van der Waals surface area (Å²) in [6.45, 7) is 0. The number of carbonyl (C=O) groups is 1. The van der Waals surface area contributed by atoms with Gasteiger partial charge in [0.2, 0.25) is 0 Å². The average Bonchev–Trinajstić information content (AvgIpc) is 3.63. The number of allylic oxidation sites excluding steroid dienone is 3. The maximum absolute atomic E-state index is 13.2. The van der Waals surface area contributed by atoms with Gasteiger partial charge >= 0.3 is 5.97 Å². The monoisotopic (exact) mass is 497 g/mol. The van der Waals surface area contributed by atoms with Gasteiger partial charge in [0, 0.05) is 17.5 Å². The third-order valence-corrected chi connectivity index (χ3v) is 8.48. The van der Waals surface area contributed by atoms with Gasteiger partial charge in [0.25, 0.3) is 10.0 Å². The van der Waals surface area contributed by atoms with E-state index in [0.717, 1.165) is 49.8 Å². The molecule has 0 bridgehead atoms. The van der Waals surface area contributed by atoms with E-state index in [2.05, 4.69) is 4.72 Å². The molecule has 3 aliphatic rings. The normalized spacial score (nSPS) is 25.5. The molecule has 4 unspecified atom stereocenters. The molecule has 2 aromatic carbocycles. The van der Waals surface area contributed by atoms with Crippen LogP contribution in [0.5, 0.6) is 0 Å². The molecule has 1 saturated carbocycles. The third kappa shape index (κ3) is 5.04. The van der Waals surface area contributed by atoms with Crippen LogP contribution < -0.4 is 4.72 Å². The second-order valence-corrected chi connectivity index (χ2v) is 11.2. The first kappa shape index (κ1) is 23.8.